The first kappa shape index (κ1) is 12.0. The quantitative estimate of drug-likeness (QED) is 0.719. The number of rotatable bonds is 4. The highest BCUT2D eigenvalue weighted by Gasteiger charge is 2.44. The first-order valence-corrected chi connectivity index (χ1v) is 5.66. The largest absolute Gasteiger partial charge is 0.481 e. The summed E-state index contributed by atoms with van der Waals surface area (Å²) >= 11 is 0. The highest BCUT2D eigenvalue weighted by Crippen LogP contribution is 2.45. The third-order valence-corrected chi connectivity index (χ3v) is 3.50. The van der Waals surface area contributed by atoms with E-state index < -0.39 is 11.4 Å². The minimum atomic E-state index is -0.627. The highest BCUT2D eigenvalue weighted by molar-refractivity contribution is 5.75. The zero-order valence-corrected chi connectivity index (χ0v) is 9.57. The third kappa shape index (κ3) is 2.49. The number of aliphatic carboxylic acids is 1. The summed E-state index contributed by atoms with van der Waals surface area (Å²) in [5.41, 5.74) is -0.502. The lowest BCUT2D eigenvalue weighted by Crippen LogP contribution is -2.33. The molecule has 0 bridgehead atoms. The Labute approximate surface area is 91.7 Å². The van der Waals surface area contributed by atoms with Gasteiger partial charge >= 0.3 is 5.97 Å². The molecule has 1 fully saturated rings. The molecule has 1 N–H and O–H groups in total. The van der Waals surface area contributed by atoms with Crippen LogP contribution in [0.3, 0.4) is 0 Å². The summed E-state index contributed by atoms with van der Waals surface area (Å²) in [4.78, 5) is 11.3. The lowest BCUT2D eigenvalue weighted by molar-refractivity contribution is -0.150. The van der Waals surface area contributed by atoms with Crippen molar-refractivity contribution in [3.8, 4) is 0 Å². The molecule has 1 aliphatic carbocycles. The van der Waals surface area contributed by atoms with E-state index in [9.17, 15) is 9.90 Å². The standard InChI is InChI=1S/C13H20O2/c1-3-4-5-8-11(2)13(12(14)15)9-6-7-10-13/h3-5,8,11H,6-7,9-10H2,1-2H3,(H,14,15)/b4-3-,8-5-. The van der Waals surface area contributed by atoms with E-state index in [1.165, 1.54) is 0 Å². The fraction of sp³-hybridized carbons (Fsp3) is 0.615. The second-order valence-corrected chi connectivity index (χ2v) is 4.37. The maximum Gasteiger partial charge on any atom is 0.310 e. The minimum Gasteiger partial charge on any atom is -0.481 e. The van der Waals surface area contributed by atoms with E-state index in [1.54, 1.807) is 0 Å². The Morgan fingerprint density at radius 2 is 1.93 bits per heavy atom. The monoisotopic (exact) mass is 208 g/mol. The number of carboxylic acids is 1. The van der Waals surface area contributed by atoms with Crippen molar-refractivity contribution in [3.63, 3.8) is 0 Å². The van der Waals surface area contributed by atoms with Crippen LogP contribution in [0.2, 0.25) is 0 Å². The van der Waals surface area contributed by atoms with Gasteiger partial charge in [0.2, 0.25) is 0 Å². The van der Waals surface area contributed by atoms with Crippen molar-refractivity contribution in [2.75, 3.05) is 0 Å². The van der Waals surface area contributed by atoms with Crippen molar-refractivity contribution in [1.29, 1.82) is 0 Å². The molecule has 84 valence electrons. The van der Waals surface area contributed by atoms with Gasteiger partial charge in [-0.3, -0.25) is 4.79 Å². The van der Waals surface area contributed by atoms with E-state index >= 15 is 0 Å². The van der Waals surface area contributed by atoms with Crippen LogP contribution in [0.25, 0.3) is 0 Å². The van der Waals surface area contributed by atoms with Crippen LogP contribution in [-0.2, 0) is 4.79 Å². The molecule has 1 saturated carbocycles. The lowest BCUT2D eigenvalue weighted by atomic mass is 9.74. The highest BCUT2D eigenvalue weighted by atomic mass is 16.4. The van der Waals surface area contributed by atoms with E-state index in [0.29, 0.717) is 0 Å². The van der Waals surface area contributed by atoms with Crippen LogP contribution < -0.4 is 0 Å². The molecular weight excluding hydrogens is 188 g/mol. The van der Waals surface area contributed by atoms with E-state index in [0.717, 1.165) is 25.7 Å². The molecular formula is C13H20O2. The molecule has 1 rings (SSSR count). The van der Waals surface area contributed by atoms with E-state index in [4.69, 9.17) is 0 Å². The molecule has 0 radical (unpaired) electrons. The topological polar surface area (TPSA) is 37.3 Å². The van der Waals surface area contributed by atoms with Gasteiger partial charge in [0.25, 0.3) is 0 Å². The van der Waals surface area contributed by atoms with Gasteiger partial charge in [-0.1, -0.05) is 44.1 Å². The molecule has 0 aromatic rings. The molecule has 1 atom stereocenters. The number of allylic oxidation sites excluding steroid dienone is 4. The smallest absolute Gasteiger partial charge is 0.310 e. The molecule has 0 aromatic heterocycles. The summed E-state index contributed by atoms with van der Waals surface area (Å²) in [6.45, 7) is 3.97. The zero-order chi connectivity index (χ0) is 11.3. The van der Waals surface area contributed by atoms with Crippen molar-refractivity contribution in [3.05, 3.63) is 24.3 Å². The lowest BCUT2D eigenvalue weighted by Gasteiger charge is -2.28. The summed E-state index contributed by atoms with van der Waals surface area (Å²) < 4.78 is 0. The van der Waals surface area contributed by atoms with Crippen molar-refractivity contribution >= 4 is 5.97 Å². The zero-order valence-electron chi connectivity index (χ0n) is 9.57. The summed E-state index contributed by atoms with van der Waals surface area (Å²) in [6.07, 6.45) is 11.6. The molecule has 1 aliphatic rings. The van der Waals surface area contributed by atoms with Gasteiger partial charge < -0.3 is 5.11 Å². The van der Waals surface area contributed by atoms with Crippen LogP contribution in [0.15, 0.2) is 24.3 Å². The van der Waals surface area contributed by atoms with Crippen LogP contribution in [-0.4, -0.2) is 11.1 Å². The Bertz CT molecular complexity index is 270. The molecule has 15 heavy (non-hydrogen) atoms. The maximum absolute atomic E-state index is 11.3. The van der Waals surface area contributed by atoms with Crippen molar-refractivity contribution in [1.82, 2.24) is 0 Å². The first-order valence-electron chi connectivity index (χ1n) is 5.66. The normalized spacial score (nSPS) is 22.5. The van der Waals surface area contributed by atoms with Gasteiger partial charge in [0.1, 0.15) is 0 Å². The molecule has 0 aromatic carbocycles. The van der Waals surface area contributed by atoms with Gasteiger partial charge in [0.15, 0.2) is 0 Å². The van der Waals surface area contributed by atoms with Crippen molar-refractivity contribution < 1.29 is 9.90 Å². The average molecular weight is 208 g/mol. The predicted octanol–water partition coefficient (Wildman–Crippen LogP) is 3.40. The second kappa shape index (κ2) is 5.15. The predicted molar refractivity (Wildman–Crippen MR) is 61.7 cm³/mol. The van der Waals surface area contributed by atoms with Gasteiger partial charge in [-0.25, -0.2) is 0 Å². The summed E-state index contributed by atoms with van der Waals surface area (Å²) in [6, 6.07) is 0. The van der Waals surface area contributed by atoms with Gasteiger partial charge in [-0.15, -0.1) is 0 Å². The Hall–Kier alpha value is -1.05. The van der Waals surface area contributed by atoms with Crippen LogP contribution in [0, 0.1) is 11.3 Å². The first-order chi connectivity index (χ1) is 7.13. The number of hydrogen-bond acceptors (Lipinski definition) is 1. The van der Waals surface area contributed by atoms with Crippen molar-refractivity contribution in [2.24, 2.45) is 11.3 Å². The fourth-order valence-corrected chi connectivity index (χ4v) is 2.40. The van der Waals surface area contributed by atoms with E-state index in [1.807, 2.05) is 38.2 Å². The molecule has 0 saturated heterocycles. The van der Waals surface area contributed by atoms with Crippen LogP contribution in [0.5, 0.6) is 0 Å². The van der Waals surface area contributed by atoms with E-state index in [-0.39, 0.29) is 5.92 Å². The van der Waals surface area contributed by atoms with Crippen LogP contribution >= 0.6 is 0 Å². The number of carboxylic acid groups (broad SMARTS) is 1. The molecule has 0 amide bonds. The number of carbonyl (C=O) groups is 1. The summed E-state index contributed by atoms with van der Waals surface area (Å²) in [5.74, 6) is -0.508. The third-order valence-electron chi connectivity index (χ3n) is 3.50. The van der Waals surface area contributed by atoms with Gasteiger partial charge in [-0.05, 0) is 25.7 Å². The molecule has 2 heteroatoms. The van der Waals surface area contributed by atoms with Gasteiger partial charge in [0.05, 0.1) is 5.41 Å². The van der Waals surface area contributed by atoms with Gasteiger partial charge in [0, 0.05) is 0 Å². The summed E-state index contributed by atoms with van der Waals surface area (Å²) in [7, 11) is 0. The molecule has 0 spiro atoms. The molecule has 2 nitrogen and oxygen atoms in total. The SMILES string of the molecule is C/C=C\C=C/C(C)C1(C(=O)O)CCCC1. The Balaban J connectivity index is 2.76. The van der Waals surface area contributed by atoms with Crippen molar-refractivity contribution in [2.45, 2.75) is 39.5 Å². The number of hydrogen-bond donors (Lipinski definition) is 1. The molecule has 0 heterocycles. The Kier molecular flexibility index (Phi) is 4.13. The summed E-state index contributed by atoms with van der Waals surface area (Å²) in [5, 5.41) is 9.34. The van der Waals surface area contributed by atoms with Gasteiger partial charge in [-0.2, -0.15) is 0 Å². The fourth-order valence-electron chi connectivity index (χ4n) is 2.40. The maximum atomic E-state index is 11.3. The van der Waals surface area contributed by atoms with Crippen LogP contribution in [0.4, 0.5) is 0 Å². The molecule has 1 unspecified atom stereocenters. The molecule has 0 aliphatic heterocycles. The second-order valence-electron chi connectivity index (χ2n) is 4.37. The van der Waals surface area contributed by atoms with E-state index in [2.05, 4.69) is 0 Å². The Morgan fingerprint density at radius 3 is 2.40 bits per heavy atom. The minimum absolute atomic E-state index is 0.119. The average Bonchev–Trinajstić information content (AvgIpc) is 2.67. The van der Waals surface area contributed by atoms with Crippen LogP contribution in [0.1, 0.15) is 39.5 Å². The Morgan fingerprint density at radius 1 is 1.33 bits per heavy atom.